The van der Waals surface area contributed by atoms with Crippen molar-refractivity contribution in [2.45, 2.75) is 12.0 Å². The van der Waals surface area contributed by atoms with Crippen LogP contribution in [-0.4, -0.2) is 49.5 Å². The molecule has 0 saturated carbocycles. The minimum Gasteiger partial charge on any atom is -0.378 e. The summed E-state index contributed by atoms with van der Waals surface area (Å²) in [4.78, 5) is 8.97. The summed E-state index contributed by atoms with van der Waals surface area (Å²) in [6.45, 7) is 2.01. The number of aromatic nitrogens is 2. The average Bonchev–Trinajstić information content (AvgIpc) is 3.02. The number of methoxy groups -OCH3 is 1. The Kier molecular flexibility index (Phi) is 3.90. The van der Waals surface area contributed by atoms with Gasteiger partial charge in [0.1, 0.15) is 11.4 Å². The Balaban J connectivity index is 1.89. The van der Waals surface area contributed by atoms with Crippen molar-refractivity contribution in [1.29, 1.82) is 0 Å². The number of para-hydroxylation sites is 1. The van der Waals surface area contributed by atoms with E-state index >= 15 is 0 Å². The van der Waals surface area contributed by atoms with Gasteiger partial charge in [-0.15, -0.1) is 0 Å². The van der Waals surface area contributed by atoms with Crippen molar-refractivity contribution in [2.75, 3.05) is 44.5 Å². The third-order valence-electron chi connectivity index (χ3n) is 3.90. The van der Waals surface area contributed by atoms with E-state index in [2.05, 4.69) is 20.6 Å². The topological polar surface area (TPSA) is 68.3 Å². The minimum atomic E-state index is -0.272. The molecular formula is C15H20N4O2. The van der Waals surface area contributed by atoms with Crippen LogP contribution in [0.5, 0.6) is 0 Å². The van der Waals surface area contributed by atoms with Crippen LogP contribution in [0.4, 0.5) is 11.8 Å². The largest absolute Gasteiger partial charge is 0.378 e. The zero-order chi connectivity index (χ0) is 14.7. The molecule has 0 bridgehead atoms. The summed E-state index contributed by atoms with van der Waals surface area (Å²) in [6, 6.07) is 7.95. The molecule has 6 heteroatoms. The molecule has 2 heterocycles. The maximum Gasteiger partial charge on any atom is 0.224 e. The average molecular weight is 288 g/mol. The van der Waals surface area contributed by atoms with Crippen LogP contribution in [0, 0.1) is 0 Å². The van der Waals surface area contributed by atoms with Gasteiger partial charge in [0, 0.05) is 39.1 Å². The molecule has 1 unspecified atom stereocenters. The molecule has 21 heavy (non-hydrogen) atoms. The first-order valence-corrected chi connectivity index (χ1v) is 7.08. The van der Waals surface area contributed by atoms with Gasteiger partial charge in [-0.1, -0.05) is 12.1 Å². The fraction of sp³-hybridized carbons (Fsp3) is 0.467. The summed E-state index contributed by atoms with van der Waals surface area (Å²) in [5.74, 6) is 1.42. The molecule has 112 valence electrons. The van der Waals surface area contributed by atoms with Crippen LogP contribution in [0.3, 0.4) is 0 Å². The molecule has 2 N–H and O–H groups in total. The second-order valence-electron chi connectivity index (χ2n) is 5.21. The van der Waals surface area contributed by atoms with Crippen LogP contribution >= 0.6 is 0 Å². The third-order valence-corrected chi connectivity index (χ3v) is 3.90. The minimum absolute atomic E-state index is 0.272. The molecule has 0 amide bonds. The van der Waals surface area contributed by atoms with Crippen molar-refractivity contribution < 1.29 is 9.47 Å². The molecule has 0 radical (unpaired) electrons. The second-order valence-corrected chi connectivity index (χ2v) is 5.21. The molecule has 0 spiro atoms. The number of hydrogen-bond donors (Lipinski definition) is 2. The first-order chi connectivity index (χ1) is 10.3. The quantitative estimate of drug-likeness (QED) is 0.875. The van der Waals surface area contributed by atoms with Crippen LogP contribution in [0.2, 0.25) is 0 Å². The molecular weight excluding hydrogens is 268 g/mol. The molecule has 1 aliphatic rings. The van der Waals surface area contributed by atoms with E-state index in [0.29, 0.717) is 19.1 Å². The van der Waals surface area contributed by atoms with E-state index in [1.54, 1.807) is 7.11 Å². The zero-order valence-electron chi connectivity index (χ0n) is 12.3. The van der Waals surface area contributed by atoms with E-state index in [4.69, 9.17) is 9.47 Å². The summed E-state index contributed by atoms with van der Waals surface area (Å²) in [6.07, 6.45) is 0.887. The lowest BCUT2D eigenvalue weighted by Crippen LogP contribution is -2.39. The molecule has 1 fully saturated rings. The van der Waals surface area contributed by atoms with Gasteiger partial charge < -0.3 is 20.1 Å². The number of rotatable bonds is 5. The third kappa shape index (κ3) is 2.77. The van der Waals surface area contributed by atoms with Crippen molar-refractivity contribution in [3.63, 3.8) is 0 Å². The van der Waals surface area contributed by atoms with Crippen molar-refractivity contribution in [2.24, 2.45) is 0 Å². The van der Waals surface area contributed by atoms with Crippen LogP contribution in [-0.2, 0) is 9.47 Å². The fourth-order valence-electron chi connectivity index (χ4n) is 2.53. The van der Waals surface area contributed by atoms with Gasteiger partial charge in [0.15, 0.2) is 0 Å². The van der Waals surface area contributed by atoms with E-state index in [9.17, 15) is 0 Å². The standard InChI is InChI=1S/C15H20N4O2/c1-16-14-18-12-6-4-3-5-11(12)13(19-14)17-9-15(20-2)7-8-21-10-15/h3-6H,7-10H2,1-2H3,(H2,16,17,18,19). The van der Waals surface area contributed by atoms with Crippen LogP contribution in [0.15, 0.2) is 24.3 Å². The summed E-state index contributed by atoms with van der Waals surface area (Å²) in [7, 11) is 3.54. The van der Waals surface area contributed by atoms with Gasteiger partial charge in [0.2, 0.25) is 5.95 Å². The van der Waals surface area contributed by atoms with E-state index in [0.717, 1.165) is 29.7 Å². The molecule has 1 aliphatic heterocycles. The SMILES string of the molecule is CNc1nc(NCC2(OC)CCOC2)c2ccccc2n1. The molecule has 1 saturated heterocycles. The fourth-order valence-corrected chi connectivity index (χ4v) is 2.53. The number of nitrogens with zero attached hydrogens (tertiary/aromatic N) is 2. The lowest BCUT2D eigenvalue weighted by molar-refractivity contribution is -0.00623. The Labute approximate surface area is 123 Å². The Morgan fingerprint density at radius 2 is 2.19 bits per heavy atom. The van der Waals surface area contributed by atoms with E-state index in [1.165, 1.54) is 0 Å². The highest BCUT2D eigenvalue weighted by atomic mass is 16.5. The number of anilines is 2. The lowest BCUT2D eigenvalue weighted by atomic mass is 10.0. The Morgan fingerprint density at radius 1 is 1.33 bits per heavy atom. The number of ether oxygens (including phenoxy) is 2. The maximum atomic E-state index is 5.64. The van der Waals surface area contributed by atoms with Gasteiger partial charge in [0.25, 0.3) is 0 Å². The maximum absolute atomic E-state index is 5.64. The van der Waals surface area contributed by atoms with Gasteiger partial charge in [-0.25, -0.2) is 4.98 Å². The van der Waals surface area contributed by atoms with E-state index in [-0.39, 0.29) is 5.60 Å². The van der Waals surface area contributed by atoms with Crippen LogP contribution in [0.1, 0.15) is 6.42 Å². The van der Waals surface area contributed by atoms with Crippen molar-refractivity contribution in [3.05, 3.63) is 24.3 Å². The molecule has 1 atom stereocenters. The smallest absolute Gasteiger partial charge is 0.224 e. The van der Waals surface area contributed by atoms with Crippen molar-refractivity contribution >= 4 is 22.7 Å². The highest BCUT2D eigenvalue weighted by Crippen LogP contribution is 2.26. The van der Waals surface area contributed by atoms with Gasteiger partial charge in [-0.05, 0) is 12.1 Å². The zero-order valence-corrected chi connectivity index (χ0v) is 12.3. The van der Waals surface area contributed by atoms with E-state index < -0.39 is 0 Å². The predicted octanol–water partition coefficient (Wildman–Crippen LogP) is 1.89. The Morgan fingerprint density at radius 3 is 2.90 bits per heavy atom. The second kappa shape index (κ2) is 5.83. The highest BCUT2D eigenvalue weighted by molar-refractivity contribution is 5.90. The first kappa shape index (κ1) is 14.0. The number of fused-ring (bicyclic) bond motifs is 1. The molecule has 0 aliphatic carbocycles. The normalized spacial score (nSPS) is 21.6. The summed E-state index contributed by atoms with van der Waals surface area (Å²) < 4.78 is 11.1. The van der Waals surface area contributed by atoms with Gasteiger partial charge in [-0.3, -0.25) is 0 Å². The van der Waals surface area contributed by atoms with Crippen LogP contribution < -0.4 is 10.6 Å². The molecule has 1 aromatic heterocycles. The number of nitrogens with one attached hydrogen (secondary N) is 2. The summed E-state index contributed by atoms with van der Waals surface area (Å²) >= 11 is 0. The van der Waals surface area contributed by atoms with Gasteiger partial charge >= 0.3 is 0 Å². The molecule has 3 rings (SSSR count). The lowest BCUT2D eigenvalue weighted by Gasteiger charge is -2.26. The monoisotopic (exact) mass is 288 g/mol. The van der Waals surface area contributed by atoms with Gasteiger partial charge in [0.05, 0.1) is 12.1 Å². The van der Waals surface area contributed by atoms with E-state index in [1.807, 2.05) is 31.3 Å². The Hall–Kier alpha value is -1.92. The summed E-state index contributed by atoms with van der Waals surface area (Å²) in [5.41, 5.74) is 0.639. The van der Waals surface area contributed by atoms with Crippen molar-refractivity contribution in [1.82, 2.24) is 9.97 Å². The highest BCUT2D eigenvalue weighted by Gasteiger charge is 2.34. The first-order valence-electron chi connectivity index (χ1n) is 7.08. The van der Waals surface area contributed by atoms with Crippen LogP contribution in [0.25, 0.3) is 10.9 Å². The number of benzene rings is 1. The molecule has 6 nitrogen and oxygen atoms in total. The number of hydrogen-bond acceptors (Lipinski definition) is 6. The molecule has 2 aromatic rings. The Bertz CT molecular complexity index is 626. The van der Waals surface area contributed by atoms with Gasteiger partial charge in [-0.2, -0.15) is 4.98 Å². The predicted molar refractivity (Wildman–Crippen MR) is 82.8 cm³/mol. The summed E-state index contributed by atoms with van der Waals surface area (Å²) in [5, 5.41) is 7.39. The molecule has 1 aromatic carbocycles. The van der Waals surface area contributed by atoms with Crippen molar-refractivity contribution in [3.8, 4) is 0 Å².